The highest BCUT2D eigenvalue weighted by Crippen LogP contribution is 2.28. The molecule has 0 fully saturated rings. The Morgan fingerprint density at radius 3 is 2.56 bits per heavy atom. The van der Waals surface area contributed by atoms with Crippen molar-refractivity contribution in [3.05, 3.63) is 33.7 Å². The molecule has 84 valence electrons. The van der Waals surface area contributed by atoms with Gasteiger partial charge in [0.2, 0.25) is 0 Å². The fourth-order valence-electron chi connectivity index (χ4n) is 0.869. The second-order valence-corrected chi connectivity index (χ2v) is 2.74. The number of alkyl halides is 3. The second kappa shape index (κ2) is 4.10. The SMILES string of the molecule is NC(=O)C#Cc1cc(C(F)(F)F)c[nH]c1=O. The van der Waals surface area contributed by atoms with Crippen LogP contribution in [0, 0.1) is 11.8 Å². The van der Waals surface area contributed by atoms with Crippen molar-refractivity contribution in [1.82, 2.24) is 4.98 Å². The summed E-state index contributed by atoms with van der Waals surface area (Å²) in [5.74, 6) is 2.71. The van der Waals surface area contributed by atoms with E-state index in [2.05, 4.69) is 5.73 Å². The van der Waals surface area contributed by atoms with E-state index in [1.807, 2.05) is 10.9 Å². The van der Waals surface area contributed by atoms with Crippen molar-refractivity contribution >= 4 is 5.91 Å². The van der Waals surface area contributed by atoms with Crippen molar-refractivity contribution < 1.29 is 18.0 Å². The Hall–Kier alpha value is -2.23. The van der Waals surface area contributed by atoms with Gasteiger partial charge in [-0.3, -0.25) is 9.59 Å². The molecule has 0 aliphatic rings. The van der Waals surface area contributed by atoms with Gasteiger partial charge in [0.25, 0.3) is 11.5 Å². The first-order valence-electron chi connectivity index (χ1n) is 3.92. The van der Waals surface area contributed by atoms with Crippen LogP contribution in [-0.4, -0.2) is 10.9 Å². The van der Waals surface area contributed by atoms with Gasteiger partial charge in [0.15, 0.2) is 0 Å². The molecule has 1 aromatic rings. The maximum Gasteiger partial charge on any atom is 0.417 e. The lowest BCUT2D eigenvalue weighted by atomic mass is 10.2. The Balaban J connectivity index is 3.27. The van der Waals surface area contributed by atoms with Crippen LogP contribution < -0.4 is 11.3 Å². The molecule has 7 heteroatoms. The second-order valence-electron chi connectivity index (χ2n) is 2.74. The van der Waals surface area contributed by atoms with Crippen LogP contribution in [0.2, 0.25) is 0 Å². The molecule has 1 rings (SSSR count). The molecule has 1 aromatic heterocycles. The molecule has 0 bridgehead atoms. The number of nitrogens with two attached hydrogens (primary N) is 1. The van der Waals surface area contributed by atoms with E-state index >= 15 is 0 Å². The van der Waals surface area contributed by atoms with Crippen molar-refractivity contribution in [1.29, 1.82) is 0 Å². The molecule has 0 aliphatic heterocycles. The number of halogens is 3. The molecule has 3 N–H and O–H groups in total. The van der Waals surface area contributed by atoms with E-state index in [1.54, 1.807) is 5.92 Å². The Kier molecular flexibility index (Phi) is 3.04. The number of aromatic amines is 1. The number of nitrogens with one attached hydrogen (secondary N) is 1. The Labute approximate surface area is 87.3 Å². The zero-order valence-corrected chi connectivity index (χ0v) is 7.68. The third-order valence-corrected chi connectivity index (χ3v) is 1.55. The molecule has 0 atom stereocenters. The van der Waals surface area contributed by atoms with Crippen LogP contribution in [-0.2, 0) is 11.0 Å². The quantitative estimate of drug-likeness (QED) is 0.626. The van der Waals surface area contributed by atoms with E-state index in [1.165, 1.54) is 0 Å². The molecule has 0 saturated carbocycles. The van der Waals surface area contributed by atoms with Gasteiger partial charge < -0.3 is 10.7 Å². The zero-order chi connectivity index (χ0) is 12.3. The molecule has 0 aromatic carbocycles. The number of carbonyl (C=O) groups excluding carboxylic acids is 1. The number of pyridine rings is 1. The Morgan fingerprint density at radius 2 is 2.06 bits per heavy atom. The lowest BCUT2D eigenvalue weighted by Gasteiger charge is -2.05. The van der Waals surface area contributed by atoms with E-state index in [-0.39, 0.29) is 0 Å². The van der Waals surface area contributed by atoms with Crippen molar-refractivity contribution in [2.45, 2.75) is 6.18 Å². The largest absolute Gasteiger partial charge is 0.417 e. The smallest absolute Gasteiger partial charge is 0.359 e. The maximum atomic E-state index is 12.2. The summed E-state index contributed by atoms with van der Waals surface area (Å²) in [6.07, 6.45) is -4.06. The van der Waals surface area contributed by atoms with Gasteiger partial charge >= 0.3 is 6.18 Å². The van der Waals surface area contributed by atoms with Crippen LogP contribution in [0.1, 0.15) is 11.1 Å². The van der Waals surface area contributed by atoms with Gasteiger partial charge in [-0.15, -0.1) is 0 Å². The summed E-state index contributed by atoms with van der Waals surface area (Å²) in [4.78, 5) is 23.2. The highest BCUT2D eigenvalue weighted by Gasteiger charge is 2.31. The van der Waals surface area contributed by atoms with E-state index in [0.717, 1.165) is 0 Å². The van der Waals surface area contributed by atoms with E-state index < -0.39 is 28.8 Å². The normalized spacial score (nSPS) is 10.4. The highest BCUT2D eigenvalue weighted by molar-refractivity contribution is 5.92. The van der Waals surface area contributed by atoms with Crippen molar-refractivity contribution in [2.24, 2.45) is 5.73 Å². The van der Waals surface area contributed by atoms with Crippen molar-refractivity contribution in [2.75, 3.05) is 0 Å². The topological polar surface area (TPSA) is 76.0 Å². The number of aromatic nitrogens is 1. The van der Waals surface area contributed by atoms with E-state index in [0.29, 0.717) is 12.3 Å². The number of hydrogen-bond acceptors (Lipinski definition) is 2. The van der Waals surface area contributed by atoms with Gasteiger partial charge in [-0.2, -0.15) is 13.2 Å². The summed E-state index contributed by atoms with van der Waals surface area (Å²) in [5, 5.41) is 0. The summed E-state index contributed by atoms with van der Waals surface area (Å²) >= 11 is 0. The van der Waals surface area contributed by atoms with Gasteiger partial charge in [0, 0.05) is 12.1 Å². The first kappa shape index (κ1) is 11.8. The average molecular weight is 230 g/mol. The molecule has 0 radical (unpaired) electrons. The lowest BCUT2D eigenvalue weighted by molar-refractivity contribution is -0.137. The fraction of sp³-hybridized carbons (Fsp3) is 0.111. The van der Waals surface area contributed by atoms with Crippen LogP contribution in [0.15, 0.2) is 17.1 Å². The third-order valence-electron chi connectivity index (χ3n) is 1.55. The molecule has 0 spiro atoms. The van der Waals surface area contributed by atoms with Crippen LogP contribution in [0.3, 0.4) is 0 Å². The van der Waals surface area contributed by atoms with Gasteiger partial charge in [-0.1, -0.05) is 5.92 Å². The van der Waals surface area contributed by atoms with Crippen LogP contribution >= 0.6 is 0 Å². The molecule has 1 heterocycles. The first-order valence-corrected chi connectivity index (χ1v) is 3.92. The summed E-state index contributed by atoms with van der Waals surface area (Å²) in [5.41, 5.74) is 2.33. The monoisotopic (exact) mass is 230 g/mol. The standard InChI is InChI=1S/C9H5F3N2O2/c10-9(11,12)6-3-5(1-2-7(13)15)8(16)14-4-6/h3-4H,(H2,13,15)(H,14,16). The highest BCUT2D eigenvalue weighted by atomic mass is 19.4. The van der Waals surface area contributed by atoms with Gasteiger partial charge in [-0.05, 0) is 6.07 Å². The predicted molar refractivity (Wildman–Crippen MR) is 48.1 cm³/mol. The molecule has 1 amide bonds. The third kappa shape index (κ3) is 2.88. The number of hydrogen-bond donors (Lipinski definition) is 2. The van der Waals surface area contributed by atoms with Crippen molar-refractivity contribution in [3.8, 4) is 11.8 Å². The fourth-order valence-corrected chi connectivity index (χ4v) is 0.869. The molecule has 0 unspecified atom stereocenters. The molecule has 0 aliphatic carbocycles. The van der Waals surface area contributed by atoms with E-state index in [4.69, 9.17) is 0 Å². The van der Waals surface area contributed by atoms with Crippen LogP contribution in [0.4, 0.5) is 13.2 Å². The molecular formula is C9H5F3N2O2. The summed E-state index contributed by atoms with van der Waals surface area (Å²) < 4.78 is 36.7. The number of H-pyrrole nitrogens is 1. The number of primary amides is 1. The number of carbonyl (C=O) groups is 1. The minimum absolute atomic E-state index is 0.464. The molecule has 16 heavy (non-hydrogen) atoms. The van der Waals surface area contributed by atoms with Crippen LogP contribution in [0.5, 0.6) is 0 Å². The Morgan fingerprint density at radius 1 is 1.44 bits per heavy atom. The zero-order valence-electron chi connectivity index (χ0n) is 7.68. The summed E-state index contributed by atoms with van der Waals surface area (Å²) in [6, 6.07) is 0.550. The van der Waals surface area contributed by atoms with Crippen LogP contribution in [0.25, 0.3) is 0 Å². The molecule has 0 saturated heterocycles. The first-order chi connectivity index (χ1) is 7.30. The summed E-state index contributed by atoms with van der Waals surface area (Å²) in [6.45, 7) is 0. The number of rotatable bonds is 0. The lowest BCUT2D eigenvalue weighted by Crippen LogP contribution is -2.15. The molecule has 4 nitrogen and oxygen atoms in total. The number of amides is 1. The van der Waals surface area contributed by atoms with Crippen molar-refractivity contribution in [3.63, 3.8) is 0 Å². The summed E-state index contributed by atoms with van der Waals surface area (Å²) in [7, 11) is 0. The van der Waals surface area contributed by atoms with E-state index in [9.17, 15) is 22.8 Å². The van der Waals surface area contributed by atoms with Gasteiger partial charge in [0.05, 0.1) is 11.1 Å². The minimum Gasteiger partial charge on any atom is -0.359 e. The minimum atomic E-state index is -4.59. The maximum absolute atomic E-state index is 12.2. The van der Waals surface area contributed by atoms with Gasteiger partial charge in [0.1, 0.15) is 0 Å². The predicted octanol–water partition coefficient (Wildman–Crippen LogP) is 0.230. The van der Waals surface area contributed by atoms with Gasteiger partial charge in [-0.25, -0.2) is 0 Å². The molecular weight excluding hydrogens is 225 g/mol. The average Bonchev–Trinajstić information content (AvgIpc) is 2.14. The Bertz CT molecular complexity index is 534.